The van der Waals surface area contributed by atoms with E-state index in [0.29, 0.717) is 16.9 Å². The van der Waals surface area contributed by atoms with Gasteiger partial charge in [-0.15, -0.1) is 0 Å². The van der Waals surface area contributed by atoms with Gasteiger partial charge in [-0.05, 0) is 91.5 Å². The summed E-state index contributed by atoms with van der Waals surface area (Å²) in [5, 5.41) is 9.15. The lowest BCUT2D eigenvalue weighted by molar-refractivity contribution is 0.0697. The number of carbonyl (C=O) groups is 1. The first-order valence-electron chi connectivity index (χ1n) is 13.9. The first-order valence-corrected chi connectivity index (χ1v) is 10.4. The minimum absolute atomic E-state index is 0.00321. The fourth-order valence-electron chi connectivity index (χ4n) is 3.91. The lowest BCUT2D eigenvalue weighted by Crippen LogP contribution is -2.29. The van der Waals surface area contributed by atoms with Crippen molar-refractivity contribution in [3.63, 3.8) is 0 Å². The fourth-order valence-corrected chi connectivity index (χ4v) is 3.91. The lowest BCUT2D eigenvalue weighted by Gasteiger charge is -2.31. The van der Waals surface area contributed by atoms with E-state index >= 15 is 0 Å². The third kappa shape index (κ3) is 4.08. The van der Waals surface area contributed by atoms with Gasteiger partial charge in [-0.3, -0.25) is 0 Å². The summed E-state index contributed by atoms with van der Waals surface area (Å²) in [4.78, 5) is 14.5. The summed E-state index contributed by atoms with van der Waals surface area (Å²) in [7, 11) is 0. The molecule has 1 aliphatic heterocycles. The van der Waals surface area contributed by atoms with E-state index in [-0.39, 0.29) is 11.1 Å². The maximum Gasteiger partial charge on any atom is 0.335 e. The van der Waals surface area contributed by atoms with Crippen LogP contribution in [0.25, 0.3) is 28.1 Å². The van der Waals surface area contributed by atoms with Gasteiger partial charge in [-0.1, -0.05) is 41.9 Å². The molecule has 164 valence electrons. The van der Waals surface area contributed by atoms with Crippen molar-refractivity contribution in [2.45, 2.75) is 26.3 Å². The molecule has 3 aromatic carbocycles. The van der Waals surface area contributed by atoms with Crippen LogP contribution < -0.4 is 4.74 Å². The SMILES string of the molecule is [2H]c1c([2H])c(C([2H])([2H])[2H])c([2H])c([2H])c1C1=CC(C)(C)Oc2ccc(-c3ccc(-c4ccc(C(=O)O)cc4)[nH]3)cc21. The third-order valence-corrected chi connectivity index (χ3v) is 5.47. The Kier molecular flexibility index (Phi) is 3.36. The second-order valence-electron chi connectivity index (χ2n) is 8.39. The molecule has 4 nitrogen and oxygen atoms in total. The lowest BCUT2D eigenvalue weighted by atomic mass is 9.88. The molecule has 33 heavy (non-hydrogen) atoms. The number of benzene rings is 3. The van der Waals surface area contributed by atoms with Crippen molar-refractivity contribution in [3.8, 4) is 28.3 Å². The number of hydrogen-bond acceptors (Lipinski definition) is 2. The Labute approximate surface area is 203 Å². The van der Waals surface area contributed by atoms with Crippen LogP contribution >= 0.6 is 0 Å². The Morgan fingerprint density at radius 2 is 1.61 bits per heavy atom. The molecule has 5 rings (SSSR count). The molecule has 0 fully saturated rings. The molecule has 0 unspecified atom stereocenters. The van der Waals surface area contributed by atoms with Gasteiger partial charge in [0.2, 0.25) is 0 Å². The molecule has 0 spiro atoms. The van der Waals surface area contributed by atoms with Crippen LogP contribution in [0.4, 0.5) is 0 Å². The molecule has 1 aromatic heterocycles. The molecule has 4 heteroatoms. The molecule has 0 aliphatic carbocycles. The van der Waals surface area contributed by atoms with Crippen molar-refractivity contribution in [3.05, 3.63) is 107 Å². The van der Waals surface area contributed by atoms with Crippen molar-refractivity contribution >= 4 is 11.5 Å². The highest BCUT2D eigenvalue weighted by molar-refractivity contribution is 5.89. The summed E-state index contributed by atoms with van der Waals surface area (Å²) in [6, 6.07) is 13.6. The molecule has 2 heterocycles. The van der Waals surface area contributed by atoms with E-state index in [4.69, 9.17) is 19.4 Å². The van der Waals surface area contributed by atoms with Gasteiger partial charge in [0, 0.05) is 21.1 Å². The van der Waals surface area contributed by atoms with Crippen molar-refractivity contribution in [1.29, 1.82) is 0 Å². The number of ether oxygens (including phenoxy) is 1. The van der Waals surface area contributed by atoms with Crippen LogP contribution in [0.1, 0.15) is 50.5 Å². The molecule has 0 amide bonds. The van der Waals surface area contributed by atoms with Gasteiger partial charge < -0.3 is 14.8 Å². The van der Waals surface area contributed by atoms with Crippen LogP contribution in [0.3, 0.4) is 0 Å². The second kappa shape index (κ2) is 7.82. The summed E-state index contributed by atoms with van der Waals surface area (Å²) in [6.45, 7) is 0.819. The molecule has 0 bridgehead atoms. The van der Waals surface area contributed by atoms with Crippen molar-refractivity contribution in [2.75, 3.05) is 0 Å². The zero-order valence-corrected chi connectivity index (χ0v) is 18.0. The second-order valence-corrected chi connectivity index (χ2v) is 8.39. The number of aromatic amines is 1. The summed E-state index contributed by atoms with van der Waals surface area (Å²) < 4.78 is 63.4. The standard InChI is InChI=1S/C29H25NO3/c1-18-4-6-19(7-5-18)24-17-29(2,3)33-27-15-12-22(16-23(24)27)26-14-13-25(30-26)20-8-10-21(11-9-20)28(31)32/h4-17,30H,1-3H3,(H,31,32)/i1D3,4D,5D,6D,7D. The van der Waals surface area contributed by atoms with Crippen LogP contribution in [0.5, 0.6) is 5.75 Å². The first-order chi connectivity index (χ1) is 18.7. The van der Waals surface area contributed by atoms with E-state index in [0.717, 1.165) is 22.5 Å². The van der Waals surface area contributed by atoms with E-state index in [2.05, 4.69) is 4.98 Å². The highest BCUT2D eigenvalue weighted by Crippen LogP contribution is 2.41. The zero-order valence-electron chi connectivity index (χ0n) is 25.0. The average molecular weight is 443 g/mol. The third-order valence-electron chi connectivity index (χ3n) is 5.47. The molecular weight excluding hydrogens is 410 g/mol. The van der Waals surface area contributed by atoms with E-state index < -0.39 is 48.2 Å². The number of aromatic carboxylic acids is 1. The Balaban J connectivity index is 1.62. The van der Waals surface area contributed by atoms with Gasteiger partial charge in [0.15, 0.2) is 0 Å². The Hall–Kier alpha value is -4.05. The molecule has 4 aromatic rings. The molecule has 2 N–H and O–H groups in total. The predicted octanol–water partition coefficient (Wildman–Crippen LogP) is 6.96. The van der Waals surface area contributed by atoms with E-state index in [9.17, 15) is 4.79 Å². The Morgan fingerprint density at radius 3 is 2.27 bits per heavy atom. The van der Waals surface area contributed by atoms with Crippen LogP contribution in [-0.2, 0) is 0 Å². The van der Waals surface area contributed by atoms with Gasteiger partial charge >= 0.3 is 5.97 Å². The number of nitrogens with one attached hydrogen (secondary N) is 1. The van der Waals surface area contributed by atoms with E-state index in [1.165, 1.54) is 12.1 Å². The minimum Gasteiger partial charge on any atom is -0.483 e. The Bertz CT molecular complexity index is 1670. The zero-order chi connectivity index (χ0) is 29.1. The molecule has 0 saturated carbocycles. The summed E-state index contributed by atoms with van der Waals surface area (Å²) >= 11 is 0. The van der Waals surface area contributed by atoms with E-state index in [1.54, 1.807) is 24.3 Å². The number of rotatable bonds is 4. The van der Waals surface area contributed by atoms with Crippen LogP contribution in [0.2, 0.25) is 0 Å². The van der Waals surface area contributed by atoms with Gasteiger partial charge in [-0.25, -0.2) is 4.79 Å². The maximum absolute atomic E-state index is 11.2. The summed E-state index contributed by atoms with van der Waals surface area (Å²) in [6.07, 6.45) is 1.72. The summed E-state index contributed by atoms with van der Waals surface area (Å²) in [5.41, 5.74) is 2.80. The highest BCUT2D eigenvalue weighted by Gasteiger charge is 2.27. The van der Waals surface area contributed by atoms with Crippen LogP contribution in [0.15, 0.2) is 84.8 Å². The molecule has 0 radical (unpaired) electrons. The van der Waals surface area contributed by atoms with E-state index in [1.807, 2.05) is 38.1 Å². The molecule has 0 atom stereocenters. The number of hydrogen-bond donors (Lipinski definition) is 2. The molecule has 1 aliphatic rings. The number of carboxylic acids is 1. The van der Waals surface area contributed by atoms with Gasteiger partial charge in [0.25, 0.3) is 0 Å². The Morgan fingerprint density at radius 1 is 0.939 bits per heavy atom. The van der Waals surface area contributed by atoms with Gasteiger partial charge in [0.05, 0.1) is 11.0 Å². The number of carboxylic acid groups (broad SMARTS) is 1. The minimum atomic E-state index is -2.80. The van der Waals surface area contributed by atoms with Crippen LogP contribution in [0, 0.1) is 6.85 Å². The summed E-state index contributed by atoms with van der Waals surface area (Å²) in [5.74, 6) is -0.518. The number of H-pyrrole nitrogens is 1. The molecular formula is C29H25NO3. The van der Waals surface area contributed by atoms with Crippen molar-refractivity contribution < 1.29 is 24.2 Å². The maximum atomic E-state index is 11.2. The number of aromatic nitrogens is 1. The average Bonchev–Trinajstić information content (AvgIpc) is 3.36. The smallest absolute Gasteiger partial charge is 0.335 e. The largest absolute Gasteiger partial charge is 0.483 e. The van der Waals surface area contributed by atoms with Gasteiger partial charge in [-0.2, -0.15) is 0 Å². The fraction of sp³-hybridized carbons (Fsp3) is 0.138. The monoisotopic (exact) mass is 442 g/mol. The molecule has 0 saturated heterocycles. The highest BCUT2D eigenvalue weighted by atomic mass is 16.5. The predicted molar refractivity (Wildman–Crippen MR) is 132 cm³/mol. The van der Waals surface area contributed by atoms with Crippen molar-refractivity contribution in [1.82, 2.24) is 4.98 Å². The van der Waals surface area contributed by atoms with Crippen LogP contribution in [-0.4, -0.2) is 21.7 Å². The normalized spacial score (nSPS) is 17.6. The van der Waals surface area contributed by atoms with Gasteiger partial charge in [0.1, 0.15) is 11.4 Å². The first kappa shape index (κ1) is 14.2. The number of fused-ring (bicyclic) bond motifs is 1. The van der Waals surface area contributed by atoms with Crippen molar-refractivity contribution in [2.24, 2.45) is 0 Å². The quantitative estimate of drug-likeness (QED) is 0.359. The topological polar surface area (TPSA) is 62.3 Å².